The molecule has 3 nitrogen and oxygen atoms in total. The van der Waals surface area contributed by atoms with Crippen molar-refractivity contribution in [3.63, 3.8) is 0 Å². The lowest BCUT2D eigenvalue weighted by atomic mass is 10.2. The zero-order valence-electron chi connectivity index (χ0n) is 7.42. The lowest BCUT2D eigenvalue weighted by molar-refractivity contribution is -0.105. The van der Waals surface area contributed by atoms with Crippen LogP contribution in [0.1, 0.15) is 0 Å². The van der Waals surface area contributed by atoms with E-state index in [2.05, 4.69) is 5.32 Å². The Balaban J connectivity index is 3.83. The molecule has 0 aliphatic rings. The van der Waals surface area contributed by atoms with Crippen molar-refractivity contribution < 1.29 is 4.79 Å². The first kappa shape index (κ1) is 10.3. The van der Waals surface area contributed by atoms with E-state index in [1.54, 1.807) is 0 Å². The van der Waals surface area contributed by atoms with Crippen LogP contribution in [0, 0.1) is 0 Å². The average molecular weight is 156 g/mol. The van der Waals surface area contributed by atoms with Crippen LogP contribution >= 0.6 is 0 Å². The van der Waals surface area contributed by atoms with Gasteiger partial charge in [0.05, 0.1) is 0 Å². The summed E-state index contributed by atoms with van der Waals surface area (Å²) in [6.07, 6.45) is 2.80. The van der Waals surface area contributed by atoms with Gasteiger partial charge in [-0.25, -0.2) is 0 Å². The van der Waals surface area contributed by atoms with E-state index in [0.717, 1.165) is 18.4 Å². The number of likely N-dealkylation sites (N-methyl/N-ethyl adjacent to an activating group) is 2. The van der Waals surface area contributed by atoms with Crippen LogP contribution in [-0.4, -0.2) is 45.4 Å². The molecular formula is C8H16N2O. The maximum atomic E-state index is 10.4. The maximum Gasteiger partial charge on any atom is 0.147 e. The highest BCUT2D eigenvalue weighted by Crippen LogP contribution is 1.90. The van der Waals surface area contributed by atoms with E-state index in [0.29, 0.717) is 6.54 Å². The van der Waals surface area contributed by atoms with Gasteiger partial charge in [0.25, 0.3) is 0 Å². The van der Waals surface area contributed by atoms with Crippen LogP contribution in [0.15, 0.2) is 11.6 Å². The van der Waals surface area contributed by atoms with E-state index in [9.17, 15) is 4.79 Å². The largest absolute Gasteiger partial charge is 0.316 e. The maximum absolute atomic E-state index is 10.4. The molecule has 3 heteroatoms. The molecule has 11 heavy (non-hydrogen) atoms. The van der Waals surface area contributed by atoms with Crippen LogP contribution in [0.4, 0.5) is 0 Å². The first-order valence-corrected chi connectivity index (χ1v) is 3.64. The van der Waals surface area contributed by atoms with Gasteiger partial charge in [-0.2, -0.15) is 0 Å². The molecule has 64 valence electrons. The van der Waals surface area contributed by atoms with Crippen LogP contribution in [0.2, 0.25) is 0 Å². The first-order valence-electron chi connectivity index (χ1n) is 3.64. The predicted molar refractivity (Wildman–Crippen MR) is 46.6 cm³/mol. The number of hydrogen-bond donors (Lipinski definition) is 1. The molecule has 0 radical (unpaired) electrons. The smallest absolute Gasteiger partial charge is 0.147 e. The molecule has 0 fully saturated rings. The van der Waals surface area contributed by atoms with Crippen molar-refractivity contribution in [2.45, 2.75) is 0 Å². The summed E-state index contributed by atoms with van der Waals surface area (Å²) in [6, 6.07) is 0. The highest BCUT2D eigenvalue weighted by molar-refractivity contribution is 5.73. The van der Waals surface area contributed by atoms with Gasteiger partial charge < -0.3 is 10.2 Å². The molecule has 0 aromatic heterocycles. The van der Waals surface area contributed by atoms with Gasteiger partial charge in [0.15, 0.2) is 0 Å². The van der Waals surface area contributed by atoms with Crippen LogP contribution in [-0.2, 0) is 4.79 Å². The Morgan fingerprint density at radius 2 is 2.18 bits per heavy atom. The Morgan fingerprint density at radius 1 is 1.55 bits per heavy atom. The van der Waals surface area contributed by atoms with Crippen molar-refractivity contribution in [1.82, 2.24) is 10.2 Å². The first-order chi connectivity index (χ1) is 5.20. The second kappa shape index (κ2) is 6.07. The number of carbonyl (C=O) groups excluding carboxylic acids is 1. The van der Waals surface area contributed by atoms with Crippen LogP contribution in [0.5, 0.6) is 0 Å². The molecule has 0 unspecified atom stereocenters. The number of nitrogens with one attached hydrogen (secondary N) is 1. The zero-order chi connectivity index (χ0) is 8.69. The molecule has 0 atom stereocenters. The van der Waals surface area contributed by atoms with Crippen molar-refractivity contribution in [3.8, 4) is 0 Å². The number of nitrogens with zero attached hydrogens (tertiary/aromatic N) is 1. The topological polar surface area (TPSA) is 32.3 Å². The third kappa shape index (κ3) is 5.76. The van der Waals surface area contributed by atoms with Gasteiger partial charge in [-0.05, 0) is 21.1 Å². The fourth-order valence-corrected chi connectivity index (χ4v) is 0.748. The fourth-order valence-electron chi connectivity index (χ4n) is 0.748. The molecule has 0 aromatic rings. The van der Waals surface area contributed by atoms with Gasteiger partial charge in [-0.3, -0.25) is 4.79 Å². The third-order valence-electron chi connectivity index (χ3n) is 1.22. The number of aldehydes is 1. The second-order valence-corrected chi connectivity index (χ2v) is 2.69. The summed E-state index contributed by atoms with van der Waals surface area (Å²) in [7, 11) is 5.74. The van der Waals surface area contributed by atoms with Gasteiger partial charge in [0, 0.05) is 18.7 Å². The molecule has 0 amide bonds. The number of rotatable bonds is 5. The lowest BCUT2D eigenvalue weighted by Gasteiger charge is -2.08. The summed E-state index contributed by atoms with van der Waals surface area (Å²) in [4.78, 5) is 12.4. The molecule has 1 N–H and O–H groups in total. The molecule has 0 heterocycles. The van der Waals surface area contributed by atoms with Gasteiger partial charge in [0.1, 0.15) is 6.29 Å². The molecule has 0 aromatic carbocycles. The van der Waals surface area contributed by atoms with Crippen LogP contribution < -0.4 is 5.32 Å². The lowest BCUT2D eigenvalue weighted by Crippen LogP contribution is -2.17. The standard InChI is InChI=1S/C8H16N2O/c1-9-5-4-8(7-11)6-10(2)3/h4,7,9H,5-6H2,1-3H3/b8-4-. The fraction of sp³-hybridized carbons (Fsp3) is 0.625. The van der Waals surface area contributed by atoms with E-state index in [1.807, 2.05) is 32.1 Å². The van der Waals surface area contributed by atoms with E-state index in [1.165, 1.54) is 0 Å². The Bertz CT molecular complexity index is 141. The molecule has 0 saturated heterocycles. The Morgan fingerprint density at radius 3 is 2.55 bits per heavy atom. The molecular weight excluding hydrogens is 140 g/mol. The Labute approximate surface area is 68.1 Å². The average Bonchev–Trinajstić information content (AvgIpc) is 1.97. The highest BCUT2D eigenvalue weighted by atomic mass is 16.1. The quantitative estimate of drug-likeness (QED) is 0.445. The zero-order valence-corrected chi connectivity index (χ0v) is 7.42. The van der Waals surface area contributed by atoms with E-state index >= 15 is 0 Å². The molecule has 0 aliphatic carbocycles. The Hall–Kier alpha value is -0.670. The minimum absolute atomic E-state index is 0.713. The van der Waals surface area contributed by atoms with Crippen molar-refractivity contribution in [2.75, 3.05) is 34.2 Å². The molecule has 0 saturated carbocycles. The summed E-state index contributed by atoms with van der Waals surface area (Å²) < 4.78 is 0. The summed E-state index contributed by atoms with van der Waals surface area (Å²) in [5.74, 6) is 0. The normalized spacial score (nSPS) is 12.2. The van der Waals surface area contributed by atoms with E-state index < -0.39 is 0 Å². The molecule has 0 rings (SSSR count). The SMILES string of the molecule is CNC/C=C(\C=O)CN(C)C. The monoisotopic (exact) mass is 156 g/mol. The summed E-state index contributed by atoms with van der Waals surface area (Å²) >= 11 is 0. The van der Waals surface area contributed by atoms with Crippen molar-refractivity contribution in [1.29, 1.82) is 0 Å². The van der Waals surface area contributed by atoms with Crippen molar-refractivity contribution in [2.24, 2.45) is 0 Å². The van der Waals surface area contributed by atoms with Gasteiger partial charge in [-0.15, -0.1) is 0 Å². The summed E-state index contributed by atoms with van der Waals surface area (Å²) in [5.41, 5.74) is 0.823. The Kier molecular flexibility index (Phi) is 5.70. The van der Waals surface area contributed by atoms with E-state index in [4.69, 9.17) is 0 Å². The number of carbonyl (C=O) groups is 1. The van der Waals surface area contributed by atoms with Gasteiger partial charge in [-0.1, -0.05) is 6.08 Å². The third-order valence-corrected chi connectivity index (χ3v) is 1.22. The minimum Gasteiger partial charge on any atom is -0.316 e. The van der Waals surface area contributed by atoms with Crippen molar-refractivity contribution in [3.05, 3.63) is 11.6 Å². The molecule has 0 bridgehead atoms. The summed E-state index contributed by atoms with van der Waals surface area (Å²) in [6.45, 7) is 1.47. The van der Waals surface area contributed by atoms with Crippen LogP contribution in [0.25, 0.3) is 0 Å². The highest BCUT2D eigenvalue weighted by Gasteiger charge is 1.95. The van der Waals surface area contributed by atoms with Crippen molar-refractivity contribution >= 4 is 6.29 Å². The van der Waals surface area contributed by atoms with Gasteiger partial charge >= 0.3 is 0 Å². The van der Waals surface area contributed by atoms with E-state index in [-0.39, 0.29) is 0 Å². The minimum atomic E-state index is 0.713. The second-order valence-electron chi connectivity index (χ2n) is 2.69. The number of hydrogen-bond acceptors (Lipinski definition) is 3. The predicted octanol–water partition coefficient (Wildman–Crippen LogP) is -0.107. The summed E-state index contributed by atoms with van der Waals surface area (Å²) in [5, 5.41) is 2.95. The van der Waals surface area contributed by atoms with Gasteiger partial charge in [0.2, 0.25) is 0 Å². The molecule has 0 spiro atoms. The van der Waals surface area contributed by atoms with Crippen LogP contribution in [0.3, 0.4) is 0 Å². The molecule has 0 aliphatic heterocycles.